The summed E-state index contributed by atoms with van der Waals surface area (Å²) in [7, 11) is 0. The molecule has 1 nitrogen and oxygen atoms in total. The van der Waals surface area contributed by atoms with Gasteiger partial charge in [0.2, 0.25) is 0 Å². The minimum absolute atomic E-state index is 0.617. The first-order valence-electron chi connectivity index (χ1n) is 12.7. The smallest absolute Gasteiger partial charge is 0.154 e. The molecule has 0 aliphatic heterocycles. The van der Waals surface area contributed by atoms with Crippen molar-refractivity contribution < 1.29 is 4.42 Å². The van der Waals surface area contributed by atoms with E-state index in [1.165, 1.54) is 16.7 Å². The summed E-state index contributed by atoms with van der Waals surface area (Å²) in [5.74, 6) is 0. The van der Waals surface area contributed by atoms with Crippen LogP contribution >= 0.6 is 11.6 Å². The lowest BCUT2D eigenvalue weighted by Gasteiger charge is -2.15. The molecule has 7 aromatic rings. The Balaban J connectivity index is 1.53. The standard InChI is InChI=1S/C36H23ClO/c37-33-21-11-20-32-34-27(25-14-5-2-6-15-25)22-23-31(36(34)38-35(32)33)30-19-10-9-18-29(30)28-17-8-7-16-26(28)24-12-3-1-4-13-24/h1-23H. The summed E-state index contributed by atoms with van der Waals surface area (Å²) in [5.41, 5.74) is 10.7. The van der Waals surface area contributed by atoms with Gasteiger partial charge in [0.1, 0.15) is 5.58 Å². The Labute approximate surface area is 226 Å². The normalized spacial score (nSPS) is 11.3. The molecule has 0 spiro atoms. The van der Waals surface area contributed by atoms with Crippen molar-refractivity contribution in [2.75, 3.05) is 0 Å². The number of hydrogen-bond acceptors (Lipinski definition) is 1. The summed E-state index contributed by atoms with van der Waals surface area (Å²) in [6.07, 6.45) is 0. The number of halogens is 1. The van der Waals surface area contributed by atoms with E-state index < -0.39 is 0 Å². The minimum Gasteiger partial charge on any atom is -0.454 e. The van der Waals surface area contributed by atoms with Crippen LogP contribution in [0.1, 0.15) is 0 Å². The van der Waals surface area contributed by atoms with Crippen LogP contribution in [0.3, 0.4) is 0 Å². The second-order valence-corrected chi connectivity index (χ2v) is 9.81. The van der Waals surface area contributed by atoms with Gasteiger partial charge in [-0.25, -0.2) is 0 Å². The van der Waals surface area contributed by atoms with Gasteiger partial charge in [0, 0.05) is 16.3 Å². The zero-order valence-electron chi connectivity index (χ0n) is 20.6. The second-order valence-electron chi connectivity index (χ2n) is 9.41. The van der Waals surface area contributed by atoms with Gasteiger partial charge in [-0.05, 0) is 51.1 Å². The average molecular weight is 507 g/mol. The minimum atomic E-state index is 0.617. The first-order chi connectivity index (χ1) is 18.8. The third kappa shape index (κ3) is 3.72. The molecule has 1 heterocycles. The summed E-state index contributed by atoms with van der Waals surface area (Å²) in [4.78, 5) is 0. The maximum absolute atomic E-state index is 6.65. The van der Waals surface area contributed by atoms with Crippen molar-refractivity contribution in [1.82, 2.24) is 0 Å². The highest BCUT2D eigenvalue weighted by atomic mass is 35.5. The van der Waals surface area contributed by atoms with Crippen molar-refractivity contribution in [3.05, 3.63) is 145 Å². The first kappa shape index (κ1) is 22.6. The molecule has 0 aliphatic rings. The molecule has 0 bridgehead atoms. The second kappa shape index (κ2) is 9.37. The van der Waals surface area contributed by atoms with Crippen molar-refractivity contribution in [2.45, 2.75) is 0 Å². The van der Waals surface area contributed by atoms with Crippen LogP contribution in [0.5, 0.6) is 0 Å². The monoisotopic (exact) mass is 506 g/mol. The van der Waals surface area contributed by atoms with E-state index in [0.717, 1.165) is 49.8 Å². The van der Waals surface area contributed by atoms with Crippen molar-refractivity contribution >= 4 is 33.5 Å². The molecule has 0 saturated carbocycles. The molecule has 0 unspecified atom stereocenters. The molecule has 180 valence electrons. The van der Waals surface area contributed by atoms with Crippen LogP contribution in [0.4, 0.5) is 0 Å². The third-order valence-electron chi connectivity index (χ3n) is 7.20. The van der Waals surface area contributed by atoms with Crippen molar-refractivity contribution in [3.8, 4) is 44.5 Å². The Kier molecular flexibility index (Phi) is 5.57. The number of hydrogen-bond donors (Lipinski definition) is 0. The lowest BCUT2D eigenvalue weighted by Crippen LogP contribution is -1.90. The highest BCUT2D eigenvalue weighted by Gasteiger charge is 2.20. The van der Waals surface area contributed by atoms with Crippen molar-refractivity contribution in [3.63, 3.8) is 0 Å². The molecule has 0 radical (unpaired) electrons. The van der Waals surface area contributed by atoms with Crippen LogP contribution in [-0.4, -0.2) is 0 Å². The molecule has 6 aromatic carbocycles. The highest BCUT2D eigenvalue weighted by Crippen LogP contribution is 2.46. The first-order valence-corrected chi connectivity index (χ1v) is 13.1. The van der Waals surface area contributed by atoms with E-state index in [9.17, 15) is 0 Å². The maximum Gasteiger partial charge on any atom is 0.154 e. The quantitative estimate of drug-likeness (QED) is 0.231. The van der Waals surface area contributed by atoms with Gasteiger partial charge in [-0.2, -0.15) is 0 Å². The van der Waals surface area contributed by atoms with Crippen LogP contribution in [0.25, 0.3) is 66.4 Å². The Bertz CT molecular complexity index is 1920. The van der Waals surface area contributed by atoms with Gasteiger partial charge >= 0.3 is 0 Å². The van der Waals surface area contributed by atoms with Crippen molar-refractivity contribution in [1.29, 1.82) is 0 Å². The van der Waals surface area contributed by atoms with Gasteiger partial charge < -0.3 is 4.42 Å². The van der Waals surface area contributed by atoms with Crippen LogP contribution < -0.4 is 0 Å². The molecule has 0 fully saturated rings. The summed E-state index contributed by atoms with van der Waals surface area (Å²) in [5, 5.41) is 2.72. The lowest BCUT2D eigenvalue weighted by molar-refractivity contribution is 0.670. The largest absolute Gasteiger partial charge is 0.454 e. The van der Waals surface area contributed by atoms with E-state index in [0.29, 0.717) is 5.02 Å². The van der Waals surface area contributed by atoms with Crippen LogP contribution in [0.15, 0.2) is 144 Å². The van der Waals surface area contributed by atoms with Gasteiger partial charge in [0.05, 0.1) is 5.02 Å². The van der Waals surface area contributed by atoms with E-state index in [1.54, 1.807) is 0 Å². The van der Waals surface area contributed by atoms with Gasteiger partial charge in [0.25, 0.3) is 0 Å². The third-order valence-corrected chi connectivity index (χ3v) is 7.50. The Morgan fingerprint density at radius 1 is 0.368 bits per heavy atom. The highest BCUT2D eigenvalue weighted by molar-refractivity contribution is 6.36. The molecule has 7 rings (SSSR count). The van der Waals surface area contributed by atoms with E-state index in [1.807, 2.05) is 18.2 Å². The van der Waals surface area contributed by atoms with Gasteiger partial charge in [-0.3, -0.25) is 0 Å². The molecule has 0 saturated heterocycles. The molecule has 1 aromatic heterocycles. The predicted octanol–water partition coefficient (Wildman–Crippen LogP) is 10.9. The van der Waals surface area contributed by atoms with Crippen LogP contribution in [-0.2, 0) is 0 Å². The van der Waals surface area contributed by atoms with Gasteiger partial charge in [-0.1, -0.05) is 139 Å². The Hall–Kier alpha value is -4.59. The number of furan rings is 1. The average Bonchev–Trinajstić information content (AvgIpc) is 3.39. The molecule has 0 amide bonds. The molecular formula is C36H23ClO. The van der Waals surface area contributed by atoms with Crippen LogP contribution in [0, 0.1) is 0 Å². The van der Waals surface area contributed by atoms with E-state index in [-0.39, 0.29) is 0 Å². The van der Waals surface area contributed by atoms with Gasteiger partial charge in [0.15, 0.2) is 5.58 Å². The van der Waals surface area contributed by atoms with Crippen LogP contribution in [0.2, 0.25) is 5.02 Å². The summed E-state index contributed by atoms with van der Waals surface area (Å²) in [6, 6.07) is 48.6. The number of para-hydroxylation sites is 1. The molecule has 0 N–H and O–H groups in total. The Morgan fingerprint density at radius 2 is 0.868 bits per heavy atom. The summed E-state index contributed by atoms with van der Waals surface area (Å²) in [6.45, 7) is 0. The number of rotatable bonds is 4. The lowest BCUT2D eigenvalue weighted by atomic mass is 9.88. The van der Waals surface area contributed by atoms with Gasteiger partial charge in [-0.15, -0.1) is 0 Å². The SMILES string of the molecule is Clc1cccc2c1oc1c(-c3ccccc3-c3ccccc3-c3ccccc3)ccc(-c3ccccc3)c12. The zero-order chi connectivity index (χ0) is 25.5. The van der Waals surface area contributed by atoms with E-state index in [4.69, 9.17) is 16.0 Å². The number of benzene rings is 6. The number of fused-ring (bicyclic) bond motifs is 3. The fourth-order valence-corrected chi connectivity index (χ4v) is 5.69. The van der Waals surface area contributed by atoms with Crippen molar-refractivity contribution in [2.24, 2.45) is 0 Å². The molecular weight excluding hydrogens is 484 g/mol. The maximum atomic E-state index is 6.65. The molecule has 38 heavy (non-hydrogen) atoms. The predicted molar refractivity (Wildman–Crippen MR) is 160 cm³/mol. The zero-order valence-corrected chi connectivity index (χ0v) is 21.3. The summed E-state index contributed by atoms with van der Waals surface area (Å²) < 4.78 is 6.60. The van der Waals surface area contributed by atoms with E-state index in [2.05, 4.69) is 121 Å². The van der Waals surface area contributed by atoms with E-state index >= 15 is 0 Å². The fraction of sp³-hybridized carbons (Fsp3) is 0. The fourth-order valence-electron chi connectivity index (χ4n) is 5.48. The molecule has 0 aliphatic carbocycles. The molecule has 2 heteroatoms. The topological polar surface area (TPSA) is 13.1 Å². The molecule has 0 atom stereocenters. The summed E-state index contributed by atoms with van der Waals surface area (Å²) >= 11 is 6.65. The Morgan fingerprint density at radius 3 is 1.53 bits per heavy atom.